The lowest BCUT2D eigenvalue weighted by molar-refractivity contribution is 0.102. The molecule has 0 spiro atoms. The van der Waals surface area contributed by atoms with Crippen molar-refractivity contribution in [2.24, 2.45) is 0 Å². The van der Waals surface area contributed by atoms with Gasteiger partial charge in [-0.1, -0.05) is 11.6 Å². The molecule has 9 heteroatoms. The Labute approximate surface area is 138 Å². The SMILES string of the molecule is O=C(Nc1ccc(S(=O)(=O)Cl)c(Cl)c1)c1ccc(Br)cn1. The smallest absolute Gasteiger partial charge is 0.274 e. The summed E-state index contributed by atoms with van der Waals surface area (Å²) in [5, 5.41) is 2.48. The zero-order valence-electron chi connectivity index (χ0n) is 10.2. The summed E-state index contributed by atoms with van der Waals surface area (Å²) in [5.74, 6) is -0.444. The number of hydrogen-bond donors (Lipinski definition) is 1. The summed E-state index contributed by atoms with van der Waals surface area (Å²) < 4.78 is 23.2. The molecular weight excluding hydrogens is 403 g/mol. The highest BCUT2D eigenvalue weighted by Crippen LogP contribution is 2.27. The molecule has 1 aromatic heterocycles. The van der Waals surface area contributed by atoms with Crippen LogP contribution in [0.3, 0.4) is 0 Å². The first kappa shape index (κ1) is 16.2. The van der Waals surface area contributed by atoms with Crippen molar-refractivity contribution in [3.63, 3.8) is 0 Å². The van der Waals surface area contributed by atoms with Gasteiger partial charge in [0.15, 0.2) is 0 Å². The molecule has 0 aliphatic rings. The number of carbonyl (C=O) groups excluding carboxylic acids is 1. The van der Waals surface area contributed by atoms with Crippen LogP contribution >= 0.6 is 38.2 Å². The lowest BCUT2D eigenvalue weighted by Crippen LogP contribution is -2.13. The summed E-state index contributed by atoms with van der Waals surface area (Å²) in [6.45, 7) is 0. The van der Waals surface area contributed by atoms with Crippen LogP contribution in [-0.4, -0.2) is 19.3 Å². The van der Waals surface area contributed by atoms with Gasteiger partial charge in [-0.2, -0.15) is 0 Å². The van der Waals surface area contributed by atoms with Gasteiger partial charge < -0.3 is 5.32 Å². The number of aromatic nitrogens is 1. The van der Waals surface area contributed by atoms with E-state index in [0.29, 0.717) is 5.69 Å². The Kier molecular flexibility index (Phi) is 4.88. The Morgan fingerprint density at radius 1 is 1.24 bits per heavy atom. The van der Waals surface area contributed by atoms with Crippen LogP contribution in [0.5, 0.6) is 0 Å². The third-order valence-electron chi connectivity index (χ3n) is 2.41. The molecule has 0 atom stereocenters. The molecule has 1 aromatic carbocycles. The van der Waals surface area contributed by atoms with Crippen molar-refractivity contribution in [3.8, 4) is 0 Å². The fourth-order valence-electron chi connectivity index (χ4n) is 1.48. The fourth-order valence-corrected chi connectivity index (χ4v) is 3.25. The normalized spacial score (nSPS) is 11.2. The molecule has 0 aliphatic heterocycles. The molecule has 0 saturated carbocycles. The highest BCUT2D eigenvalue weighted by molar-refractivity contribution is 9.10. The molecule has 1 heterocycles. The van der Waals surface area contributed by atoms with Gasteiger partial charge in [-0.3, -0.25) is 4.79 Å². The summed E-state index contributed by atoms with van der Waals surface area (Å²) in [4.78, 5) is 15.7. The van der Waals surface area contributed by atoms with Gasteiger partial charge in [-0.05, 0) is 46.3 Å². The second-order valence-corrected chi connectivity index (χ2v) is 7.76. The third kappa shape index (κ3) is 4.16. The molecule has 0 saturated heterocycles. The first-order chi connectivity index (χ1) is 9.77. The monoisotopic (exact) mass is 408 g/mol. The number of anilines is 1. The number of amides is 1. The minimum Gasteiger partial charge on any atom is -0.321 e. The van der Waals surface area contributed by atoms with Crippen LogP contribution < -0.4 is 5.32 Å². The van der Waals surface area contributed by atoms with Crippen molar-refractivity contribution in [3.05, 3.63) is 51.7 Å². The van der Waals surface area contributed by atoms with Crippen LogP contribution in [0.15, 0.2) is 45.9 Å². The summed E-state index contributed by atoms with van der Waals surface area (Å²) in [5.41, 5.74) is 0.544. The molecule has 5 nitrogen and oxygen atoms in total. The quantitative estimate of drug-likeness (QED) is 0.784. The van der Waals surface area contributed by atoms with Crippen molar-refractivity contribution in [1.82, 2.24) is 4.98 Å². The van der Waals surface area contributed by atoms with Crippen LogP contribution in [0.2, 0.25) is 5.02 Å². The minimum absolute atomic E-state index is 0.0773. The topological polar surface area (TPSA) is 76.1 Å². The Balaban J connectivity index is 2.22. The van der Waals surface area contributed by atoms with E-state index in [1.54, 1.807) is 12.1 Å². The lowest BCUT2D eigenvalue weighted by atomic mass is 10.3. The number of halogens is 3. The van der Waals surface area contributed by atoms with E-state index in [4.69, 9.17) is 22.3 Å². The predicted molar refractivity (Wildman–Crippen MR) is 84.4 cm³/mol. The van der Waals surface area contributed by atoms with Gasteiger partial charge in [-0.15, -0.1) is 0 Å². The molecule has 2 rings (SSSR count). The summed E-state index contributed by atoms with van der Waals surface area (Å²) in [6.07, 6.45) is 1.49. The Morgan fingerprint density at radius 3 is 2.48 bits per heavy atom. The third-order valence-corrected chi connectivity index (χ3v) is 4.69. The van der Waals surface area contributed by atoms with E-state index >= 15 is 0 Å². The maximum Gasteiger partial charge on any atom is 0.274 e. The van der Waals surface area contributed by atoms with Gasteiger partial charge >= 0.3 is 0 Å². The molecule has 1 amide bonds. The number of hydrogen-bond acceptors (Lipinski definition) is 4. The lowest BCUT2D eigenvalue weighted by Gasteiger charge is -2.07. The molecule has 110 valence electrons. The average molecular weight is 410 g/mol. The summed E-state index contributed by atoms with van der Waals surface area (Å²) in [6, 6.07) is 7.12. The van der Waals surface area contributed by atoms with Gasteiger partial charge in [-0.25, -0.2) is 13.4 Å². The van der Waals surface area contributed by atoms with E-state index in [1.165, 1.54) is 24.4 Å². The van der Waals surface area contributed by atoms with Gasteiger partial charge in [0.2, 0.25) is 0 Å². The number of benzene rings is 1. The van der Waals surface area contributed by atoms with Crippen molar-refractivity contribution >= 4 is 58.9 Å². The van der Waals surface area contributed by atoms with Gasteiger partial charge in [0.1, 0.15) is 10.6 Å². The maximum absolute atomic E-state index is 11.9. The summed E-state index contributed by atoms with van der Waals surface area (Å²) in [7, 11) is 1.29. The Morgan fingerprint density at radius 2 is 1.95 bits per heavy atom. The number of rotatable bonds is 3. The van der Waals surface area contributed by atoms with Gasteiger partial charge in [0.05, 0.1) is 5.02 Å². The number of nitrogens with zero attached hydrogens (tertiary/aromatic N) is 1. The molecule has 1 N–H and O–H groups in total. The van der Waals surface area contributed by atoms with Crippen LogP contribution in [0, 0.1) is 0 Å². The molecule has 0 bridgehead atoms. The van der Waals surface area contributed by atoms with Crippen LogP contribution in [0.1, 0.15) is 10.5 Å². The van der Waals surface area contributed by atoms with E-state index in [1.807, 2.05) is 0 Å². The van der Waals surface area contributed by atoms with Crippen molar-refractivity contribution < 1.29 is 13.2 Å². The first-order valence-corrected chi connectivity index (χ1v) is 8.92. The van der Waals surface area contributed by atoms with E-state index < -0.39 is 15.0 Å². The Hall–Kier alpha value is -1.15. The second-order valence-electron chi connectivity index (χ2n) is 3.90. The van der Waals surface area contributed by atoms with E-state index in [9.17, 15) is 13.2 Å². The van der Waals surface area contributed by atoms with Gasteiger partial charge in [0.25, 0.3) is 15.0 Å². The highest BCUT2D eigenvalue weighted by atomic mass is 79.9. The predicted octanol–water partition coefficient (Wildman–Crippen LogP) is 3.68. The molecule has 0 fully saturated rings. The van der Waals surface area contributed by atoms with Crippen LogP contribution in [0.25, 0.3) is 0 Å². The van der Waals surface area contributed by atoms with Crippen molar-refractivity contribution in [1.29, 1.82) is 0 Å². The largest absolute Gasteiger partial charge is 0.321 e. The summed E-state index contributed by atoms with van der Waals surface area (Å²) >= 11 is 9.04. The highest BCUT2D eigenvalue weighted by Gasteiger charge is 2.16. The standard InChI is InChI=1S/C12H7BrCl2N2O3S/c13-7-1-3-10(16-6-7)12(18)17-8-2-4-11(9(14)5-8)21(15,19)20/h1-6H,(H,17,18). The number of nitrogens with one attached hydrogen (secondary N) is 1. The van der Waals surface area contributed by atoms with Crippen LogP contribution in [0.4, 0.5) is 5.69 Å². The molecule has 0 aliphatic carbocycles. The van der Waals surface area contributed by atoms with Crippen molar-refractivity contribution in [2.75, 3.05) is 5.32 Å². The van der Waals surface area contributed by atoms with E-state index in [-0.39, 0.29) is 15.6 Å². The first-order valence-electron chi connectivity index (χ1n) is 5.44. The van der Waals surface area contributed by atoms with Crippen LogP contribution in [-0.2, 0) is 9.05 Å². The average Bonchev–Trinajstić information content (AvgIpc) is 2.37. The van der Waals surface area contributed by atoms with E-state index in [0.717, 1.165) is 4.47 Å². The molecule has 0 radical (unpaired) electrons. The minimum atomic E-state index is -3.93. The molecular formula is C12H7BrCl2N2O3S. The number of pyridine rings is 1. The molecule has 0 unspecified atom stereocenters. The second kappa shape index (κ2) is 6.31. The van der Waals surface area contributed by atoms with Crippen molar-refractivity contribution in [2.45, 2.75) is 4.90 Å². The number of carbonyl (C=O) groups is 1. The van der Waals surface area contributed by atoms with Gasteiger partial charge in [0, 0.05) is 27.0 Å². The van der Waals surface area contributed by atoms with E-state index in [2.05, 4.69) is 26.2 Å². The Bertz CT molecular complexity index is 795. The zero-order valence-corrected chi connectivity index (χ0v) is 14.1. The zero-order chi connectivity index (χ0) is 15.6. The molecule has 21 heavy (non-hydrogen) atoms. The fraction of sp³-hybridized carbons (Fsp3) is 0. The molecule has 2 aromatic rings. The maximum atomic E-state index is 11.9.